The van der Waals surface area contributed by atoms with Crippen molar-refractivity contribution in [3.05, 3.63) is 35.1 Å². The topological polar surface area (TPSA) is 29.4 Å². The number of alkyl halides is 3. The van der Waals surface area contributed by atoms with Crippen LogP contribution in [0, 0.1) is 5.82 Å². The van der Waals surface area contributed by atoms with E-state index in [4.69, 9.17) is 0 Å². The van der Waals surface area contributed by atoms with Crippen LogP contribution in [0.2, 0.25) is 0 Å². The molecule has 0 radical (unpaired) electrons. The lowest BCUT2D eigenvalue weighted by atomic mass is 10.1. The summed E-state index contributed by atoms with van der Waals surface area (Å²) in [5.74, 6) is -1.04. The van der Waals surface area contributed by atoms with Gasteiger partial charge in [-0.2, -0.15) is 18.2 Å². The molecule has 0 aliphatic carbocycles. The Morgan fingerprint density at radius 3 is 2.44 bits per heavy atom. The van der Waals surface area contributed by atoms with Crippen molar-refractivity contribution in [3.63, 3.8) is 0 Å². The second kappa shape index (κ2) is 4.45. The van der Waals surface area contributed by atoms with E-state index < -0.39 is 23.6 Å². The van der Waals surface area contributed by atoms with Gasteiger partial charge in [-0.3, -0.25) is 0 Å². The standard InChI is InChI=1S/C10H7F4NO/c1-6(15-5-16)8-3-2-7(4-9(8)11)10(12,13)14/h2-4,6H,1H3. The van der Waals surface area contributed by atoms with Gasteiger partial charge in [0, 0.05) is 5.56 Å². The zero-order valence-corrected chi connectivity index (χ0v) is 8.18. The van der Waals surface area contributed by atoms with Crippen LogP contribution < -0.4 is 0 Å². The molecule has 0 aliphatic rings. The molecule has 6 heteroatoms. The Bertz CT molecular complexity index is 435. The predicted octanol–water partition coefficient (Wildman–Crippen LogP) is 3.24. The molecule has 1 unspecified atom stereocenters. The number of aliphatic imine (C=N–C) groups is 1. The molecule has 1 aromatic rings. The lowest BCUT2D eigenvalue weighted by Crippen LogP contribution is -2.06. The number of benzene rings is 1. The minimum absolute atomic E-state index is 0.0728. The van der Waals surface area contributed by atoms with Gasteiger partial charge in [0.2, 0.25) is 6.08 Å². The zero-order valence-electron chi connectivity index (χ0n) is 8.18. The number of isocyanates is 1. The first-order chi connectivity index (χ1) is 7.36. The number of halogens is 4. The molecule has 0 amide bonds. The highest BCUT2D eigenvalue weighted by Gasteiger charge is 2.31. The average Bonchev–Trinajstić information content (AvgIpc) is 2.16. The number of nitrogens with zero attached hydrogens (tertiary/aromatic N) is 1. The van der Waals surface area contributed by atoms with Crippen molar-refractivity contribution < 1.29 is 22.4 Å². The Morgan fingerprint density at radius 1 is 1.38 bits per heavy atom. The maximum Gasteiger partial charge on any atom is 0.416 e. The first-order valence-electron chi connectivity index (χ1n) is 4.30. The zero-order chi connectivity index (χ0) is 12.3. The third-order valence-electron chi connectivity index (χ3n) is 2.02. The molecule has 1 rings (SSSR count). The summed E-state index contributed by atoms with van der Waals surface area (Å²) in [5, 5.41) is 0. The molecular formula is C10H7F4NO. The summed E-state index contributed by atoms with van der Waals surface area (Å²) < 4.78 is 49.9. The van der Waals surface area contributed by atoms with Crippen LogP contribution in [0.3, 0.4) is 0 Å². The fourth-order valence-electron chi connectivity index (χ4n) is 1.19. The van der Waals surface area contributed by atoms with Crippen molar-refractivity contribution in [2.75, 3.05) is 0 Å². The second-order valence-electron chi connectivity index (χ2n) is 3.13. The largest absolute Gasteiger partial charge is 0.416 e. The maximum atomic E-state index is 13.3. The summed E-state index contributed by atoms with van der Waals surface area (Å²) in [6, 6.07) is 1.24. The van der Waals surface area contributed by atoms with Crippen molar-refractivity contribution in [3.8, 4) is 0 Å². The van der Waals surface area contributed by atoms with Gasteiger partial charge in [0.15, 0.2) is 0 Å². The number of rotatable bonds is 2. The van der Waals surface area contributed by atoms with E-state index in [1.807, 2.05) is 0 Å². The number of hydrogen-bond acceptors (Lipinski definition) is 2. The van der Waals surface area contributed by atoms with Crippen LogP contribution in [0.15, 0.2) is 23.2 Å². The Balaban J connectivity index is 3.14. The third-order valence-corrected chi connectivity index (χ3v) is 2.02. The predicted molar refractivity (Wildman–Crippen MR) is 47.9 cm³/mol. The van der Waals surface area contributed by atoms with E-state index in [1.54, 1.807) is 0 Å². The first kappa shape index (κ1) is 12.4. The van der Waals surface area contributed by atoms with Crippen LogP contribution in [0.1, 0.15) is 24.1 Å². The van der Waals surface area contributed by atoms with Crippen molar-refractivity contribution in [1.82, 2.24) is 0 Å². The molecule has 1 aromatic carbocycles. The fourth-order valence-corrected chi connectivity index (χ4v) is 1.19. The summed E-state index contributed by atoms with van der Waals surface area (Å²) in [4.78, 5) is 13.2. The SMILES string of the molecule is CC(N=C=O)c1ccc(C(F)(F)F)cc1F. The van der Waals surface area contributed by atoms with E-state index >= 15 is 0 Å². The van der Waals surface area contributed by atoms with Gasteiger partial charge in [0.05, 0.1) is 11.6 Å². The summed E-state index contributed by atoms with van der Waals surface area (Å²) in [6.07, 6.45) is -3.36. The van der Waals surface area contributed by atoms with E-state index in [1.165, 1.54) is 13.0 Å². The summed E-state index contributed by atoms with van der Waals surface area (Å²) in [6.45, 7) is 1.39. The molecule has 16 heavy (non-hydrogen) atoms. The quantitative estimate of drug-likeness (QED) is 0.438. The Kier molecular flexibility index (Phi) is 3.44. The highest BCUT2D eigenvalue weighted by molar-refractivity contribution is 5.36. The van der Waals surface area contributed by atoms with Gasteiger partial charge in [0.1, 0.15) is 5.82 Å². The van der Waals surface area contributed by atoms with Gasteiger partial charge in [-0.1, -0.05) is 6.07 Å². The molecule has 0 heterocycles. The van der Waals surface area contributed by atoms with Crippen molar-refractivity contribution in [2.45, 2.75) is 19.1 Å². The van der Waals surface area contributed by atoms with Crippen LogP contribution in [0.25, 0.3) is 0 Å². The van der Waals surface area contributed by atoms with E-state index in [2.05, 4.69) is 4.99 Å². The Morgan fingerprint density at radius 2 is 2.00 bits per heavy atom. The molecule has 0 saturated carbocycles. The number of hydrogen-bond donors (Lipinski definition) is 0. The summed E-state index contributed by atoms with van der Waals surface area (Å²) in [5.41, 5.74) is -1.15. The second-order valence-corrected chi connectivity index (χ2v) is 3.13. The number of carbonyl (C=O) groups excluding carboxylic acids is 1. The molecule has 2 nitrogen and oxygen atoms in total. The maximum absolute atomic E-state index is 13.3. The molecular weight excluding hydrogens is 226 g/mol. The summed E-state index contributed by atoms with van der Waals surface area (Å²) >= 11 is 0. The van der Waals surface area contributed by atoms with Crippen LogP contribution in [-0.4, -0.2) is 6.08 Å². The van der Waals surface area contributed by atoms with E-state index in [-0.39, 0.29) is 5.56 Å². The van der Waals surface area contributed by atoms with Crippen molar-refractivity contribution >= 4 is 6.08 Å². The van der Waals surface area contributed by atoms with Gasteiger partial charge in [-0.05, 0) is 19.1 Å². The molecule has 0 bridgehead atoms. The van der Waals surface area contributed by atoms with Gasteiger partial charge in [-0.25, -0.2) is 9.18 Å². The Hall–Kier alpha value is -1.68. The van der Waals surface area contributed by atoms with Crippen LogP contribution >= 0.6 is 0 Å². The fraction of sp³-hybridized carbons (Fsp3) is 0.300. The molecule has 0 N–H and O–H groups in total. The van der Waals surface area contributed by atoms with Crippen LogP contribution in [-0.2, 0) is 11.0 Å². The lowest BCUT2D eigenvalue weighted by Gasteiger charge is -2.10. The molecule has 0 aromatic heterocycles. The minimum atomic E-state index is -4.59. The monoisotopic (exact) mass is 233 g/mol. The van der Waals surface area contributed by atoms with Crippen LogP contribution in [0.5, 0.6) is 0 Å². The summed E-state index contributed by atoms with van der Waals surface area (Å²) in [7, 11) is 0. The Labute approximate surface area is 88.6 Å². The van der Waals surface area contributed by atoms with Gasteiger partial charge in [-0.15, -0.1) is 0 Å². The normalized spacial score (nSPS) is 13.1. The van der Waals surface area contributed by atoms with Gasteiger partial charge in [0.25, 0.3) is 0 Å². The average molecular weight is 233 g/mol. The molecule has 0 aliphatic heterocycles. The minimum Gasteiger partial charge on any atom is -0.211 e. The molecule has 0 saturated heterocycles. The third kappa shape index (κ3) is 2.67. The van der Waals surface area contributed by atoms with Crippen molar-refractivity contribution in [1.29, 1.82) is 0 Å². The molecule has 1 atom stereocenters. The van der Waals surface area contributed by atoms with E-state index in [9.17, 15) is 22.4 Å². The van der Waals surface area contributed by atoms with E-state index in [0.29, 0.717) is 6.07 Å². The highest BCUT2D eigenvalue weighted by Crippen LogP contribution is 2.31. The molecule has 0 fully saturated rings. The molecule has 0 spiro atoms. The smallest absolute Gasteiger partial charge is 0.211 e. The van der Waals surface area contributed by atoms with Crippen LogP contribution in [0.4, 0.5) is 17.6 Å². The van der Waals surface area contributed by atoms with Gasteiger partial charge >= 0.3 is 6.18 Å². The lowest BCUT2D eigenvalue weighted by molar-refractivity contribution is -0.137. The highest BCUT2D eigenvalue weighted by atomic mass is 19.4. The molecule has 86 valence electrons. The first-order valence-corrected chi connectivity index (χ1v) is 4.30. The van der Waals surface area contributed by atoms with Crippen molar-refractivity contribution in [2.24, 2.45) is 4.99 Å². The van der Waals surface area contributed by atoms with Gasteiger partial charge < -0.3 is 0 Å². The van der Waals surface area contributed by atoms with E-state index in [0.717, 1.165) is 12.1 Å².